The number of rotatable bonds is 3. The molecule has 1 heterocycles. The van der Waals surface area contributed by atoms with Crippen molar-refractivity contribution < 1.29 is 14.4 Å². The molecule has 2 aromatic carbocycles. The molecule has 1 N–H and O–H groups in total. The van der Waals surface area contributed by atoms with Crippen molar-refractivity contribution in [3.8, 4) is 0 Å². The zero-order chi connectivity index (χ0) is 20.4. The lowest BCUT2D eigenvalue weighted by atomic mass is 9.84. The van der Waals surface area contributed by atoms with Crippen LogP contribution in [-0.4, -0.2) is 41.5 Å². The lowest BCUT2D eigenvalue weighted by molar-refractivity contribution is -0.120. The Morgan fingerprint density at radius 1 is 0.828 bits per heavy atom. The van der Waals surface area contributed by atoms with Crippen LogP contribution < -0.4 is 5.32 Å². The van der Waals surface area contributed by atoms with E-state index in [1.165, 1.54) is 19.3 Å². The normalized spacial score (nSPS) is 18.2. The molecule has 5 nitrogen and oxygen atoms in total. The second-order valence-corrected chi connectivity index (χ2v) is 7.93. The molecule has 0 saturated carbocycles. The first-order valence-electron chi connectivity index (χ1n) is 10.4. The van der Waals surface area contributed by atoms with Crippen LogP contribution in [-0.2, 0) is 4.79 Å². The topological polar surface area (TPSA) is 66.5 Å². The molecule has 150 valence electrons. The summed E-state index contributed by atoms with van der Waals surface area (Å²) in [5.74, 6) is -0.411. The van der Waals surface area contributed by atoms with Gasteiger partial charge in [0.25, 0.3) is 0 Å². The third-order valence-corrected chi connectivity index (χ3v) is 6.01. The van der Waals surface area contributed by atoms with Crippen molar-refractivity contribution in [2.75, 3.05) is 18.4 Å². The number of amides is 1. The van der Waals surface area contributed by atoms with Crippen molar-refractivity contribution >= 4 is 23.2 Å². The molecule has 0 spiro atoms. The summed E-state index contributed by atoms with van der Waals surface area (Å²) >= 11 is 0. The van der Waals surface area contributed by atoms with Gasteiger partial charge in [-0.05, 0) is 51.1 Å². The molecule has 29 heavy (non-hydrogen) atoms. The van der Waals surface area contributed by atoms with E-state index in [0.717, 1.165) is 25.9 Å². The average Bonchev–Trinajstić information content (AvgIpc) is 2.71. The van der Waals surface area contributed by atoms with Crippen LogP contribution in [0.5, 0.6) is 0 Å². The molecule has 1 atom stereocenters. The quantitative estimate of drug-likeness (QED) is 0.733. The fourth-order valence-corrected chi connectivity index (χ4v) is 4.25. The lowest BCUT2D eigenvalue weighted by Gasteiger charge is -2.29. The summed E-state index contributed by atoms with van der Waals surface area (Å²) in [6.45, 7) is 3.80. The number of anilines is 1. The van der Waals surface area contributed by atoms with Crippen LogP contribution in [0, 0.1) is 0 Å². The van der Waals surface area contributed by atoms with Gasteiger partial charge in [0.05, 0.1) is 6.04 Å². The van der Waals surface area contributed by atoms with Crippen molar-refractivity contribution in [2.24, 2.45) is 0 Å². The molecule has 0 aromatic heterocycles. The van der Waals surface area contributed by atoms with E-state index in [4.69, 9.17) is 0 Å². The van der Waals surface area contributed by atoms with E-state index in [9.17, 15) is 14.4 Å². The van der Waals surface area contributed by atoms with Gasteiger partial charge in [0.1, 0.15) is 0 Å². The summed E-state index contributed by atoms with van der Waals surface area (Å²) in [5, 5.41) is 2.94. The van der Waals surface area contributed by atoms with Crippen molar-refractivity contribution in [3.05, 3.63) is 64.7 Å². The number of likely N-dealkylation sites (tertiary alicyclic amines) is 1. The number of hydrogen-bond donors (Lipinski definition) is 1. The van der Waals surface area contributed by atoms with Crippen molar-refractivity contribution in [2.45, 2.75) is 45.1 Å². The van der Waals surface area contributed by atoms with E-state index < -0.39 is 0 Å². The first kappa shape index (κ1) is 19.5. The molecule has 1 aliphatic heterocycles. The number of hydrogen-bond acceptors (Lipinski definition) is 4. The third-order valence-electron chi connectivity index (χ3n) is 6.01. The van der Waals surface area contributed by atoms with Crippen molar-refractivity contribution in [3.63, 3.8) is 0 Å². The summed E-state index contributed by atoms with van der Waals surface area (Å²) in [7, 11) is 0. The van der Waals surface area contributed by atoms with E-state index in [1.54, 1.807) is 42.5 Å². The number of fused-ring (bicyclic) bond motifs is 2. The third kappa shape index (κ3) is 3.87. The van der Waals surface area contributed by atoms with Crippen LogP contribution in [0.15, 0.2) is 42.5 Å². The second-order valence-electron chi connectivity index (χ2n) is 7.93. The molecule has 0 unspecified atom stereocenters. The minimum atomic E-state index is -0.234. The standard InChI is InChI=1S/C24H26N2O3/c1-16(26-13-7-3-2-4-8-14-26)24(29)25-17-11-12-20-21(15-17)23(28)19-10-6-5-9-18(19)22(20)27/h5-6,9-12,15-16H,2-4,7-8,13-14H2,1H3,(H,25,29)/t16-/m1/s1. The number of ketones is 2. The minimum absolute atomic E-state index is 0.0829. The predicted octanol–water partition coefficient (Wildman–Crippen LogP) is 4.06. The van der Waals surface area contributed by atoms with E-state index in [-0.39, 0.29) is 23.5 Å². The van der Waals surface area contributed by atoms with Gasteiger partial charge in [-0.15, -0.1) is 0 Å². The van der Waals surface area contributed by atoms with Gasteiger partial charge in [-0.25, -0.2) is 0 Å². The number of nitrogens with zero attached hydrogens (tertiary/aromatic N) is 1. The first-order valence-corrected chi connectivity index (χ1v) is 10.4. The van der Waals surface area contributed by atoms with Gasteiger partial charge in [-0.2, -0.15) is 0 Å². The highest BCUT2D eigenvalue weighted by Gasteiger charge is 2.30. The van der Waals surface area contributed by atoms with Crippen LogP contribution >= 0.6 is 0 Å². The van der Waals surface area contributed by atoms with Crippen molar-refractivity contribution in [1.29, 1.82) is 0 Å². The Morgan fingerprint density at radius 2 is 1.38 bits per heavy atom. The molecule has 2 aromatic rings. The average molecular weight is 390 g/mol. The zero-order valence-electron chi connectivity index (χ0n) is 16.7. The maximum absolute atomic E-state index is 12.9. The van der Waals surface area contributed by atoms with E-state index in [0.29, 0.717) is 27.9 Å². The minimum Gasteiger partial charge on any atom is -0.325 e. The zero-order valence-corrected chi connectivity index (χ0v) is 16.7. The summed E-state index contributed by atoms with van der Waals surface area (Å²) < 4.78 is 0. The Kier molecular flexibility index (Phi) is 5.58. The molecular formula is C24H26N2O3. The maximum atomic E-state index is 12.9. The van der Waals surface area contributed by atoms with Gasteiger partial charge in [0.15, 0.2) is 11.6 Å². The van der Waals surface area contributed by atoms with Gasteiger partial charge >= 0.3 is 0 Å². The van der Waals surface area contributed by atoms with Gasteiger partial charge in [0, 0.05) is 27.9 Å². The predicted molar refractivity (Wildman–Crippen MR) is 112 cm³/mol. The number of carbonyl (C=O) groups excluding carboxylic acids is 3. The fraction of sp³-hybridized carbons (Fsp3) is 0.375. The van der Waals surface area contributed by atoms with Gasteiger partial charge < -0.3 is 5.32 Å². The molecule has 1 saturated heterocycles. The number of carbonyl (C=O) groups is 3. The van der Waals surface area contributed by atoms with Crippen molar-refractivity contribution in [1.82, 2.24) is 4.90 Å². The smallest absolute Gasteiger partial charge is 0.241 e. The SMILES string of the molecule is C[C@H](C(=O)Nc1ccc2c(c1)C(=O)c1ccccc1C2=O)N1CCCCCCC1. The largest absolute Gasteiger partial charge is 0.325 e. The van der Waals surface area contributed by atoms with Crippen LogP contribution in [0.3, 0.4) is 0 Å². The van der Waals surface area contributed by atoms with Crippen LogP contribution in [0.1, 0.15) is 70.9 Å². The fourth-order valence-electron chi connectivity index (χ4n) is 4.25. The Morgan fingerprint density at radius 3 is 2.03 bits per heavy atom. The maximum Gasteiger partial charge on any atom is 0.241 e. The second kappa shape index (κ2) is 8.29. The van der Waals surface area contributed by atoms with E-state index in [1.807, 2.05) is 6.92 Å². The molecule has 5 heteroatoms. The number of nitrogens with one attached hydrogen (secondary N) is 1. The monoisotopic (exact) mass is 390 g/mol. The Hall–Kier alpha value is -2.79. The molecule has 1 amide bonds. The van der Waals surface area contributed by atoms with Crippen LogP contribution in [0.4, 0.5) is 5.69 Å². The Bertz CT molecular complexity index is 958. The van der Waals surface area contributed by atoms with Gasteiger partial charge in [0.2, 0.25) is 5.91 Å². The molecule has 0 bridgehead atoms. The summed E-state index contributed by atoms with van der Waals surface area (Å²) in [5.41, 5.74) is 2.15. The highest BCUT2D eigenvalue weighted by Crippen LogP contribution is 2.29. The molecular weight excluding hydrogens is 364 g/mol. The summed E-state index contributed by atoms with van der Waals surface area (Å²) in [4.78, 5) is 40.6. The Balaban J connectivity index is 1.52. The first-order chi connectivity index (χ1) is 14.1. The van der Waals surface area contributed by atoms with E-state index in [2.05, 4.69) is 10.2 Å². The van der Waals surface area contributed by atoms with Crippen LogP contribution in [0.2, 0.25) is 0 Å². The molecule has 4 rings (SSSR count). The summed E-state index contributed by atoms with van der Waals surface area (Å²) in [6, 6.07) is 11.6. The molecule has 1 aliphatic carbocycles. The Labute approximate surface area is 171 Å². The molecule has 2 aliphatic rings. The lowest BCUT2D eigenvalue weighted by Crippen LogP contribution is -2.43. The van der Waals surface area contributed by atoms with E-state index >= 15 is 0 Å². The highest BCUT2D eigenvalue weighted by molar-refractivity contribution is 6.28. The van der Waals surface area contributed by atoms with Gasteiger partial charge in [-0.1, -0.05) is 43.5 Å². The summed E-state index contributed by atoms with van der Waals surface area (Å²) in [6.07, 6.45) is 5.94. The molecule has 0 radical (unpaired) electrons. The van der Waals surface area contributed by atoms with Gasteiger partial charge in [-0.3, -0.25) is 19.3 Å². The van der Waals surface area contributed by atoms with Crippen LogP contribution in [0.25, 0.3) is 0 Å². The highest BCUT2D eigenvalue weighted by atomic mass is 16.2. The number of benzene rings is 2. The molecule has 1 fully saturated rings.